The third kappa shape index (κ3) is 10.1. The van der Waals surface area contributed by atoms with Crippen LogP contribution in [0.25, 0.3) is 0 Å². The van der Waals surface area contributed by atoms with Gasteiger partial charge in [0.15, 0.2) is 0 Å². The lowest BCUT2D eigenvalue weighted by Gasteiger charge is -2.23. The Morgan fingerprint density at radius 1 is 0.857 bits per heavy atom. The van der Waals surface area contributed by atoms with Gasteiger partial charge in [-0.1, -0.05) is 63.2 Å². The standard InChI is InChI=1S/C27H37N3O5/c1-5-23(25(31)28-16-15-20-11-13-22(34-4)14-12-20)29-26(32)24(17-19(2)3)30-27(33)35-18-21-9-7-6-8-10-21/h6-14,19,23-24H,5,15-18H2,1-4H3,(H,28,31)(H,29,32)(H,30,33)/t23-,24-/m0/s1. The highest BCUT2D eigenvalue weighted by molar-refractivity contribution is 5.91. The van der Waals surface area contributed by atoms with Gasteiger partial charge in [0.25, 0.3) is 0 Å². The van der Waals surface area contributed by atoms with Crippen LogP contribution in [-0.4, -0.2) is 43.6 Å². The molecule has 0 unspecified atom stereocenters. The largest absolute Gasteiger partial charge is 0.497 e. The Balaban J connectivity index is 1.86. The molecule has 2 aromatic carbocycles. The van der Waals surface area contributed by atoms with Gasteiger partial charge in [-0.05, 0) is 48.4 Å². The number of nitrogens with one attached hydrogen (secondary N) is 3. The molecule has 2 rings (SSSR count). The first-order valence-electron chi connectivity index (χ1n) is 12.0. The molecule has 0 aliphatic rings. The molecule has 2 atom stereocenters. The molecule has 8 heteroatoms. The van der Waals surface area contributed by atoms with Gasteiger partial charge in [0.05, 0.1) is 7.11 Å². The summed E-state index contributed by atoms with van der Waals surface area (Å²) in [5, 5.41) is 8.30. The molecule has 0 saturated heterocycles. The molecule has 190 valence electrons. The molecule has 0 spiro atoms. The molecule has 0 fully saturated rings. The monoisotopic (exact) mass is 483 g/mol. The van der Waals surface area contributed by atoms with E-state index in [2.05, 4.69) is 16.0 Å². The van der Waals surface area contributed by atoms with Crippen LogP contribution in [0.15, 0.2) is 54.6 Å². The van der Waals surface area contributed by atoms with E-state index in [4.69, 9.17) is 9.47 Å². The van der Waals surface area contributed by atoms with Crippen LogP contribution in [0.2, 0.25) is 0 Å². The molecule has 0 radical (unpaired) electrons. The molecule has 2 aromatic rings. The van der Waals surface area contributed by atoms with E-state index in [-0.39, 0.29) is 18.4 Å². The van der Waals surface area contributed by atoms with Crippen LogP contribution in [0, 0.1) is 5.92 Å². The van der Waals surface area contributed by atoms with Crippen LogP contribution in [0.4, 0.5) is 4.79 Å². The molecule has 35 heavy (non-hydrogen) atoms. The van der Waals surface area contributed by atoms with Crippen LogP contribution in [0.1, 0.15) is 44.7 Å². The number of amides is 3. The maximum absolute atomic E-state index is 12.9. The lowest BCUT2D eigenvalue weighted by atomic mass is 10.0. The summed E-state index contributed by atoms with van der Waals surface area (Å²) in [7, 11) is 1.61. The molecule has 3 N–H and O–H groups in total. The molecule has 8 nitrogen and oxygen atoms in total. The van der Waals surface area contributed by atoms with Crippen LogP contribution in [0.5, 0.6) is 5.75 Å². The van der Waals surface area contributed by atoms with Gasteiger partial charge in [-0.25, -0.2) is 4.79 Å². The first-order chi connectivity index (χ1) is 16.8. The van der Waals surface area contributed by atoms with Crippen molar-refractivity contribution in [2.45, 2.75) is 58.7 Å². The SMILES string of the molecule is CC[C@H](NC(=O)[C@H](CC(C)C)NC(=O)OCc1ccccc1)C(=O)NCCc1ccc(OC)cc1. The van der Waals surface area contributed by atoms with Crippen LogP contribution in [0.3, 0.4) is 0 Å². The average Bonchev–Trinajstić information content (AvgIpc) is 2.86. The van der Waals surface area contributed by atoms with E-state index < -0.39 is 24.1 Å². The fourth-order valence-corrected chi connectivity index (χ4v) is 3.48. The lowest BCUT2D eigenvalue weighted by Crippen LogP contribution is -2.54. The molecule has 0 aromatic heterocycles. The minimum atomic E-state index is -0.806. The Labute approximate surface area is 207 Å². The number of carbonyl (C=O) groups is 3. The lowest BCUT2D eigenvalue weighted by molar-refractivity contribution is -0.130. The summed E-state index contributed by atoms with van der Waals surface area (Å²) in [5.41, 5.74) is 1.92. The third-order valence-corrected chi connectivity index (χ3v) is 5.44. The van der Waals surface area contributed by atoms with Crippen LogP contribution in [-0.2, 0) is 27.4 Å². The van der Waals surface area contributed by atoms with E-state index >= 15 is 0 Å². The molecule has 0 saturated carbocycles. The predicted octanol–water partition coefficient (Wildman–Crippen LogP) is 3.59. The van der Waals surface area contributed by atoms with Gasteiger partial charge in [0, 0.05) is 6.54 Å². The van der Waals surface area contributed by atoms with Crippen molar-refractivity contribution < 1.29 is 23.9 Å². The minimum Gasteiger partial charge on any atom is -0.497 e. The molecular weight excluding hydrogens is 446 g/mol. The molecule has 0 bridgehead atoms. The van der Waals surface area contributed by atoms with E-state index in [0.29, 0.717) is 25.8 Å². The van der Waals surface area contributed by atoms with Gasteiger partial charge in [-0.2, -0.15) is 0 Å². The zero-order chi connectivity index (χ0) is 25.6. The van der Waals surface area contributed by atoms with Crippen molar-refractivity contribution in [1.29, 1.82) is 0 Å². The highest BCUT2D eigenvalue weighted by Gasteiger charge is 2.27. The van der Waals surface area contributed by atoms with E-state index in [1.165, 1.54) is 0 Å². The third-order valence-electron chi connectivity index (χ3n) is 5.44. The zero-order valence-corrected chi connectivity index (χ0v) is 21.0. The van der Waals surface area contributed by atoms with E-state index in [1.807, 2.05) is 75.4 Å². The Morgan fingerprint density at radius 2 is 1.54 bits per heavy atom. The maximum Gasteiger partial charge on any atom is 0.408 e. The summed E-state index contributed by atoms with van der Waals surface area (Å²) >= 11 is 0. The van der Waals surface area contributed by atoms with Crippen LogP contribution < -0.4 is 20.7 Å². The number of hydrogen-bond donors (Lipinski definition) is 3. The Kier molecular flexibility index (Phi) is 11.6. The second-order valence-corrected chi connectivity index (χ2v) is 8.75. The fraction of sp³-hybridized carbons (Fsp3) is 0.444. The number of rotatable bonds is 13. The van der Waals surface area contributed by atoms with Crippen molar-refractivity contribution in [3.63, 3.8) is 0 Å². The molecule has 0 aliphatic carbocycles. The fourth-order valence-electron chi connectivity index (χ4n) is 3.48. The van der Waals surface area contributed by atoms with Gasteiger partial charge in [-0.3, -0.25) is 9.59 Å². The number of ether oxygens (including phenoxy) is 2. The first kappa shape index (κ1) is 27.7. The Hall–Kier alpha value is -3.55. The van der Waals surface area contributed by atoms with Gasteiger partial charge in [0.1, 0.15) is 24.4 Å². The quantitative estimate of drug-likeness (QED) is 0.404. The number of methoxy groups -OCH3 is 1. The van der Waals surface area contributed by atoms with Gasteiger partial charge < -0.3 is 25.4 Å². The second-order valence-electron chi connectivity index (χ2n) is 8.75. The predicted molar refractivity (Wildman–Crippen MR) is 135 cm³/mol. The average molecular weight is 484 g/mol. The van der Waals surface area contributed by atoms with E-state index in [0.717, 1.165) is 16.9 Å². The topological polar surface area (TPSA) is 106 Å². The second kappa shape index (κ2) is 14.7. The number of benzene rings is 2. The van der Waals surface area contributed by atoms with Crippen molar-refractivity contribution >= 4 is 17.9 Å². The minimum absolute atomic E-state index is 0.108. The highest BCUT2D eigenvalue weighted by Crippen LogP contribution is 2.11. The number of carbonyl (C=O) groups excluding carboxylic acids is 3. The van der Waals surface area contributed by atoms with Crippen molar-refractivity contribution in [3.05, 3.63) is 65.7 Å². The summed E-state index contributed by atoms with van der Waals surface area (Å²) in [6.07, 6.45) is 0.825. The summed E-state index contributed by atoms with van der Waals surface area (Å²) in [6.45, 7) is 6.29. The molecular formula is C27H37N3O5. The molecule has 0 heterocycles. The van der Waals surface area contributed by atoms with Crippen LogP contribution >= 0.6 is 0 Å². The van der Waals surface area contributed by atoms with Crippen molar-refractivity contribution in [2.75, 3.05) is 13.7 Å². The van der Waals surface area contributed by atoms with E-state index in [9.17, 15) is 14.4 Å². The number of alkyl carbamates (subject to hydrolysis) is 1. The zero-order valence-electron chi connectivity index (χ0n) is 21.0. The Morgan fingerprint density at radius 3 is 2.14 bits per heavy atom. The summed E-state index contributed by atoms with van der Waals surface area (Å²) < 4.78 is 10.4. The normalized spacial score (nSPS) is 12.4. The van der Waals surface area contributed by atoms with E-state index in [1.54, 1.807) is 7.11 Å². The van der Waals surface area contributed by atoms with Gasteiger partial charge in [-0.15, -0.1) is 0 Å². The maximum atomic E-state index is 12.9. The summed E-state index contributed by atoms with van der Waals surface area (Å²) in [6, 6.07) is 15.4. The smallest absolute Gasteiger partial charge is 0.408 e. The highest BCUT2D eigenvalue weighted by atomic mass is 16.5. The summed E-state index contributed by atoms with van der Waals surface area (Å²) in [4.78, 5) is 37.9. The van der Waals surface area contributed by atoms with Crippen molar-refractivity contribution in [3.8, 4) is 5.75 Å². The van der Waals surface area contributed by atoms with Gasteiger partial charge >= 0.3 is 6.09 Å². The van der Waals surface area contributed by atoms with Gasteiger partial charge in [0.2, 0.25) is 11.8 Å². The Bertz CT molecular complexity index is 932. The summed E-state index contributed by atoms with van der Waals surface area (Å²) in [5.74, 6) is 0.260. The number of hydrogen-bond acceptors (Lipinski definition) is 5. The van der Waals surface area contributed by atoms with Crippen molar-refractivity contribution in [1.82, 2.24) is 16.0 Å². The van der Waals surface area contributed by atoms with Crippen molar-refractivity contribution in [2.24, 2.45) is 5.92 Å². The first-order valence-corrected chi connectivity index (χ1v) is 12.0. The molecule has 0 aliphatic heterocycles. The molecule has 3 amide bonds.